The van der Waals surface area contributed by atoms with Crippen molar-refractivity contribution in [2.75, 3.05) is 25.0 Å². The Labute approximate surface area is 164 Å². The van der Waals surface area contributed by atoms with E-state index in [1.54, 1.807) is 30.3 Å². The van der Waals surface area contributed by atoms with Crippen LogP contribution in [-0.2, 0) is 6.18 Å². The molecule has 0 radical (unpaired) electrons. The number of rotatable bonds is 3. The van der Waals surface area contributed by atoms with Gasteiger partial charge in [-0.05, 0) is 48.2 Å². The van der Waals surface area contributed by atoms with Gasteiger partial charge in [-0.2, -0.15) is 13.2 Å². The highest BCUT2D eigenvalue weighted by molar-refractivity contribution is 8.18. The molecule has 3 aliphatic heterocycles. The molecule has 1 N–H and O–H groups in total. The first kappa shape index (κ1) is 19.0. The fraction of sp³-hybridized carbons (Fsp3) is 0.421. The third-order valence-corrected chi connectivity index (χ3v) is 5.95. The lowest BCUT2D eigenvalue weighted by molar-refractivity contribution is -0.137. The largest absolute Gasteiger partial charge is 0.418 e. The Balaban J connectivity index is 1.49. The fourth-order valence-corrected chi connectivity index (χ4v) is 4.43. The molecule has 1 aromatic rings. The molecule has 2 fully saturated rings. The van der Waals surface area contributed by atoms with Gasteiger partial charge in [-0.25, -0.2) is 0 Å². The summed E-state index contributed by atoms with van der Waals surface area (Å²) in [4.78, 5) is 22.1. The molecule has 28 heavy (non-hydrogen) atoms. The van der Waals surface area contributed by atoms with Gasteiger partial charge >= 0.3 is 6.18 Å². The predicted molar refractivity (Wildman–Crippen MR) is 105 cm³/mol. The summed E-state index contributed by atoms with van der Waals surface area (Å²) in [6, 6.07) is 4.31. The van der Waals surface area contributed by atoms with E-state index in [0.717, 1.165) is 29.5 Å². The van der Waals surface area contributed by atoms with Crippen LogP contribution in [0, 0.1) is 5.92 Å². The number of thioether (sulfide) groups is 1. The van der Waals surface area contributed by atoms with Crippen molar-refractivity contribution in [3.8, 4) is 0 Å². The quantitative estimate of drug-likeness (QED) is 0.806. The number of carbonyl (C=O) groups excluding carboxylic acids is 1. The average molecular weight is 408 g/mol. The van der Waals surface area contributed by atoms with Crippen molar-refractivity contribution in [3.63, 3.8) is 0 Å². The maximum atomic E-state index is 13.6. The second-order valence-corrected chi connectivity index (χ2v) is 7.97. The topological polar surface area (TPSA) is 57.1 Å². The number of anilines is 1. The molecule has 0 aromatic heterocycles. The van der Waals surface area contributed by atoms with Crippen LogP contribution in [-0.4, -0.2) is 37.4 Å². The lowest BCUT2D eigenvalue weighted by Gasteiger charge is -2.34. The lowest BCUT2D eigenvalue weighted by atomic mass is 9.94. The van der Waals surface area contributed by atoms with Gasteiger partial charge in [0.15, 0.2) is 0 Å². The van der Waals surface area contributed by atoms with Crippen molar-refractivity contribution in [2.24, 2.45) is 15.9 Å². The maximum Gasteiger partial charge on any atom is 0.418 e. The van der Waals surface area contributed by atoms with Crippen molar-refractivity contribution in [1.82, 2.24) is 5.32 Å². The molecule has 0 aliphatic carbocycles. The van der Waals surface area contributed by atoms with E-state index in [1.165, 1.54) is 6.07 Å². The van der Waals surface area contributed by atoms with Crippen LogP contribution in [0.1, 0.15) is 30.0 Å². The highest BCUT2D eigenvalue weighted by Crippen LogP contribution is 2.41. The normalized spacial score (nSPS) is 25.6. The Bertz CT molecular complexity index is 880. The highest BCUT2D eigenvalue weighted by atomic mass is 32.2. The third-order valence-electron chi connectivity index (χ3n) is 5.11. The summed E-state index contributed by atoms with van der Waals surface area (Å²) >= 11 is 1.11. The molecular formula is C19H19F3N4OS. The monoisotopic (exact) mass is 408 g/mol. The summed E-state index contributed by atoms with van der Waals surface area (Å²) in [5, 5.41) is 2.53. The third kappa shape index (κ3) is 3.94. The lowest BCUT2D eigenvalue weighted by Crippen LogP contribution is -2.34. The van der Waals surface area contributed by atoms with Gasteiger partial charge < -0.3 is 10.2 Å². The SMILES string of the molecule is CN=C1NC(=O)S/C1=C\C1CCN(c2ccc(C3C=N3)cc2C(F)(F)F)CC1. The molecule has 3 aliphatic rings. The zero-order valence-corrected chi connectivity index (χ0v) is 16.0. The summed E-state index contributed by atoms with van der Waals surface area (Å²) in [6.07, 6.45) is 0.696. The second kappa shape index (κ2) is 7.27. The molecule has 1 atom stereocenters. The molecule has 148 valence electrons. The van der Waals surface area contributed by atoms with E-state index >= 15 is 0 Å². The Hall–Kier alpha value is -2.29. The van der Waals surface area contributed by atoms with Gasteiger partial charge in [0.2, 0.25) is 0 Å². The number of piperidine rings is 1. The van der Waals surface area contributed by atoms with Crippen molar-refractivity contribution in [1.29, 1.82) is 0 Å². The Morgan fingerprint density at radius 2 is 2.04 bits per heavy atom. The summed E-state index contributed by atoms with van der Waals surface area (Å²) < 4.78 is 40.8. The molecule has 1 unspecified atom stereocenters. The van der Waals surface area contributed by atoms with Gasteiger partial charge in [-0.3, -0.25) is 14.8 Å². The first-order valence-corrected chi connectivity index (χ1v) is 9.84. The Kier molecular flexibility index (Phi) is 4.95. The Morgan fingerprint density at radius 1 is 1.32 bits per heavy atom. The van der Waals surface area contributed by atoms with Crippen LogP contribution in [0.4, 0.5) is 23.7 Å². The van der Waals surface area contributed by atoms with Crippen LogP contribution >= 0.6 is 11.8 Å². The van der Waals surface area contributed by atoms with Crippen molar-refractivity contribution in [2.45, 2.75) is 25.1 Å². The minimum atomic E-state index is -4.40. The van der Waals surface area contributed by atoms with Gasteiger partial charge in [-0.1, -0.05) is 12.1 Å². The molecule has 0 saturated carbocycles. The molecule has 9 heteroatoms. The van der Waals surface area contributed by atoms with E-state index in [2.05, 4.69) is 15.3 Å². The number of benzene rings is 1. The van der Waals surface area contributed by atoms with Gasteiger partial charge in [0.25, 0.3) is 5.24 Å². The van der Waals surface area contributed by atoms with Gasteiger partial charge in [0.05, 0.1) is 10.5 Å². The van der Waals surface area contributed by atoms with E-state index < -0.39 is 11.7 Å². The number of nitrogens with one attached hydrogen (secondary N) is 1. The van der Waals surface area contributed by atoms with Crippen molar-refractivity contribution >= 4 is 34.7 Å². The van der Waals surface area contributed by atoms with Crippen LogP contribution < -0.4 is 10.2 Å². The van der Waals surface area contributed by atoms with Crippen LogP contribution in [0.15, 0.2) is 39.2 Å². The second-order valence-electron chi connectivity index (χ2n) is 6.96. The molecular weight excluding hydrogens is 389 g/mol. The summed E-state index contributed by atoms with van der Waals surface area (Å²) in [6.45, 7) is 1.06. The van der Waals surface area contributed by atoms with Gasteiger partial charge in [-0.15, -0.1) is 0 Å². The molecule has 1 aromatic carbocycles. The molecule has 5 nitrogen and oxygen atoms in total. The maximum absolute atomic E-state index is 13.6. The number of halogens is 3. The summed E-state index contributed by atoms with van der Waals surface area (Å²) in [5.74, 6) is 0.770. The summed E-state index contributed by atoms with van der Waals surface area (Å²) in [7, 11) is 1.62. The molecule has 4 rings (SSSR count). The number of hydrogen-bond acceptors (Lipinski definition) is 5. The van der Waals surface area contributed by atoms with E-state index in [-0.39, 0.29) is 22.9 Å². The standard InChI is InChI=1S/C19H19F3N4OS/c1-23-17-16(28-18(27)25-17)8-11-4-6-26(7-5-11)15-3-2-12(14-10-24-14)9-13(15)19(20,21)22/h2-3,8-11,14H,4-7H2,1H3,(H,23,25,27)/b16-8-. The van der Waals surface area contributed by atoms with Crippen LogP contribution in [0.3, 0.4) is 0 Å². The number of amides is 1. The summed E-state index contributed by atoms with van der Waals surface area (Å²) in [5.41, 5.74) is 0.210. The number of alkyl halides is 3. The smallest absolute Gasteiger partial charge is 0.371 e. The van der Waals surface area contributed by atoms with Gasteiger partial charge in [0, 0.05) is 32.0 Å². The molecule has 3 heterocycles. The molecule has 0 bridgehead atoms. The number of amidine groups is 1. The number of aliphatic imine (C=N–C) groups is 2. The minimum Gasteiger partial charge on any atom is -0.371 e. The first-order valence-electron chi connectivity index (χ1n) is 9.02. The van der Waals surface area contributed by atoms with Crippen LogP contribution in [0.2, 0.25) is 0 Å². The fourth-order valence-electron chi connectivity index (χ4n) is 3.59. The van der Waals surface area contributed by atoms with Crippen LogP contribution in [0.25, 0.3) is 0 Å². The average Bonchev–Trinajstić information content (AvgIpc) is 3.45. The van der Waals surface area contributed by atoms with Crippen molar-refractivity contribution < 1.29 is 18.0 Å². The van der Waals surface area contributed by atoms with Crippen molar-refractivity contribution in [3.05, 3.63) is 40.3 Å². The number of hydrogen-bond donors (Lipinski definition) is 1. The predicted octanol–water partition coefficient (Wildman–Crippen LogP) is 4.42. The van der Waals surface area contributed by atoms with Crippen LogP contribution in [0.5, 0.6) is 0 Å². The first-order chi connectivity index (χ1) is 13.3. The van der Waals surface area contributed by atoms with E-state index in [1.807, 2.05) is 6.08 Å². The minimum absolute atomic E-state index is 0.154. The number of carbonyl (C=O) groups is 1. The van der Waals surface area contributed by atoms with E-state index in [9.17, 15) is 18.0 Å². The Morgan fingerprint density at radius 3 is 2.64 bits per heavy atom. The molecule has 2 saturated heterocycles. The van der Waals surface area contributed by atoms with E-state index in [0.29, 0.717) is 24.5 Å². The molecule has 0 spiro atoms. The zero-order chi connectivity index (χ0) is 19.9. The highest BCUT2D eigenvalue weighted by Gasteiger charge is 2.37. The van der Waals surface area contributed by atoms with E-state index in [4.69, 9.17) is 0 Å². The number of nitrogens with zero attached hydrogens (tertiary/aromatic N) is 3. The zero-order valence-electron chi connectivity index (χ0n) is 15.2. The number of allylic oxidation sites excluding steroid dienone is 1. The molecule has 1 amide bonds. The van der Waals surface area contributed by atoms with Gasteiger partial charge in [0.1, 0.15) is 11.9 Å².